The Morgan fingerprint density at radius 2 is 1.79 bits per heavy atom. The number of ether oxygens (including phenoxy) is 1. The Morgan fingerprint density at radius 1 is 1.03 bits per heavy atom. The summed E-state index contributed by atoms with van der Waals surface area (Å²) in [6.07, 6.45) is 5.05. The van der Waals surface area contributed by atoms with Gasteiger partial charge in [0.15, 0.2) is 0 Å². The maximum absolute atomic E-state index is 12.5. The van der Waals surface area contributed by atoms with Crippen molar-refractivity contribution in [1.82, 2.24) is 19.9 Å². The summed E-state index contributed by atoms with van der Waals surface area (Å²) >= 11 is 0. The van der Waals surface area contributed by atoms with Crippen molar-refractivity contribution in [3.05, 3.63) is 64.2 Å². The summed E-state index contributed by atoms with van der Waals surface area (Å²) in [5, 5.41) is 0. The van der Waals surface area contributed by atoms with Crippen LogP contribution in [-0.4, -0.2) is 59.3 Å². The second kappa shape index (κ2) is 9.70. The zero-order chi connectivity index (χ0) is 22.6. The number of aromatic amines is 1. The van der Waals surface area contributed by atoms with Crippen LogP contribution in [0.2, 0.25) is 0 Å². The summed E-state index contributed by atoms with van der Waals surface area (Å²) in [6.45, 7) is 6.65. The van der Waals surface area contributed by atoms with Crippen LogP contribution in [0.3, 0.4) is 0 Å². The summed E-state index contributed by atoms with van der Waals surface area (Å²) in [6, 6.07) is 12.2. The molecule has 0 amide bonds. The van der Waals surface area contributed by atoms with Crippen LogP contribution in [0.15, 0.2) is 47.4 Å². The molecule has 1 aromatic carbocycles. The van der Waals surface area contributed by atoms with Crippen molar-refractivity contribution in [1.29, 1.82) is 0 Å². The van der Waals surface area contributed by atoms with Gasteiger partial charge in [-0.3, -0.25) is 9.78 Å². The molecule has 0 spiro atoms. The van der Waals surface area contributed by atoms with Crippen molar-refractivity contribution < 1.29 is 4.74 Å². The third-order valence-electron chi connectivity index (χ3n) is 6.55. The lowest BCUT2D eigenvalue weighted by Crippen LogP contribution is -2.37. The van der Waals surface area contributed by atoms with Gasteiger partial charge in [0, 0.05) is 44.0 Å². The fraction of sp³-hybridized carbons (Fsp3) is 0.440. The molecule has 5 rings (SSSR count). The zero-order valence-corrected chi connectivity index (χ0v) is 19.0. The average molecular weight is 447 g/mol. The molecule has 1 N–H and O–H groups in total. The molecule has 2 aromatic heterocycles. The molecule has 0 radical (unpaired) electrons. The Balaban J connectivity index is 1.30. The molecule has 0 unspecified atom stereocenters. The number of aryl methyl sites for hydroxylation is 1. The topological polar surface area (TPSA) is 87.2 Å². The van der Waals surface area contributed by atoms with Gasteiger partial charge < -0.3 is 14.5 Å². The minimum Gasteiger partial charge on any atom is -0.378 e. The van der Waals surface area contributed by atoms with Gasteiger partial charge in [0.25, 0.3) is 5.56 Å². The molecule has 8 heteroatoms. The van der Waals surface area contributed by atoms with Crippen LogP contribution >= 0.6 is 0 Å². The van der Waals surface area contributed by atoms with Crippen LogP contribution in [0, 0.1) is 12.8 Å². The number of hydrogen-bond acceptors (Lipinski definition) is 7. The number of aromatic nitrogens is 4. The molecule has 8 nitrogen and oxygen atoms in total. The minimum atomic E-state index is -0.155. The molecular formula is C25H30N6O2. The van der Waals surface area contributed by atoms with E-state index >= 15 is 0 Å². The van der Waals surface area contributed by atoms with Crippen LogP contribution in [-0.2, 0) is 11.2 Å². The summed E-state index contributed by atoms with van der Waals surface area (Å²) in [4.78, 5) is 33.7. The van der Waals surface area contributed by atoms with Gasteiger partial charge in [-0.2, -0.15) is 0 Å². The molecule has 2 fully saturated rings. The quantitative estimate of drug-likeness (QED) is 0.645. The third kappa shape index (κ3) is 5.06. The van der Waals surface area contributed by atoms with E-state index in [1.807, 2.05) is 6.92 Å². The average Bonchev–Trinajstić information content (AvgIpc) is 2.85. The normalized spacial score (nSPS) is 17.4. The van der Waals surface area contributed by atoms with Gasteiger partial charge in [0.2, 0.25) is 11.9 Å². The number of nitrogens with one attached hydrogen (secondary N) is 1. The van der Waals surface area contributed by atoms with Gasteiger partial charge in [0.1, 0.15) is 0 Å². The predicted octanol–water partition coefficient (Wildman–Crippen LogP) is 2.83. The van der Waals surface area contributed by atoms with Crippen molar-refractivity contribution in [3.63, 3.8) is 0 Å². The maximum atomic E-state index is 12.5. The van der Waals surface area contributed by atoms with E-state index in [9.17, 15) is 4.79 Å². The van der Waals surface area contributed by atoms with Crippen molar-refractivity contribution >= 4 is 11.9 Å². The highest BCUT2D eigenvalue weighted by Crippen LogP contribution is 2.26. The smallest absolute Gasteiger partial charge is 0.252 e. The Hall–Kier alpha value is -3.26. The first kappa shape index (κ1) is 21.6. The number of benzene rings is 1. The molecule has 2 aliphatic rings. The summed E-state index contributed by atoms with van der Waals surface area (Å²) in [5.41, 5.74) is 3.46. The Bertz CT molecular complexity index is 1140. The first-order chi connectivity index (χ1) is 16.2. The Morgan fingerprint density at radius 3 is 2.52 bits per heavy atom. The van der Waals surface area contributed by atoms with Crippen molar-refractivity contribution in [3.8, 4) is 11.3 Å². The van der Waals surface area contributed by atoms with E-state index in [4.69, 9.17) is 9.72 Å². The van der Waals surface area contributed by atoms with Crippen LogP contribution in [0.25, 0.3) is 11.3 Å². The van der Waals surface area contributed by atoms with Gasteiger partial charge in [-0.1, -0.05) is 30.3 Å². The SMILES string of the molecule is Cc1nc(N2CCOCC2)ncc1-c1cc(=O)[nH]c(N2CCC(Cc3ccccc3)CC2)n1. The first-order valence-electron chi connectivity index (χ1n) is 11.7. The number of rotatable bonds is 5. The maximum Gasteiger partial charge on any atom is 0.252 e. The Kier molecular flexibility index (Phi) is 6.35. The fourth-order valence-electron chi connectivity index (χ4n) is 4.65. The van der Waals surface area contributed by atoms with Gasteiger partial charge in [0.05, 0.1) is 24.6 Å². The van der Waals surface area contributed by atoms with Crippen molar-refractivity contribution in [2.75, 3.05) is 49.2 Å². The summed E-state index contributed by atoms with van der Waals surface area (Å²) < 4.78 is 5.41. The van der Waals surface area contributed by atoms with Gasteiger partial charge in [-0.25, -0.2) is 15.0 Å². The van der Waals surface area contributed by atoms with Crippen molar-refractivity contribution in [2.24, 2.45) is 5.92 Å². The van der Waals surface area contributed by atoms with E-state index in [1.54, 1.807) is 6.20 Å². The lowest BCUT2D eigenvalue weighted by molar-refractivity contribution is 0.122. The second-order valence-electron chi connectivity index (χ2n) is 8.84. The lowest BCUT2D eigenvalue weighted by Gasteiger charge is -2.32. The molecule has 4 heterocycles. The van der Waals surface area contributed by atoms with Crippen LogP contribution in [0.4, 0.5) is 11.9 Å². The Labute approximate surface area is 193 Å². The fourth-order valence-corrected chi connectivity index (χ4v) is 4.65. The molecule has 0 saturated carbocycles. The van der Waals surface area contributed by atoms with E-state index in [2.05, 4.69) is 55.1 Å². The number of piperidine rings is 1. The summed E-state index contributed by atoms with van der Waals surface area (Å²) in [5.74, 6) is 1.99. The second-order valence-corrected chi connectivity index (χ2v) is 8.84. The van der Waals surface area contributed by atoms with Gasteiger partial charge in [-0.05, 0) is 37.7 Å². The van der Waals surface area contributed by atoms with E-state index in [-0.39, 0.29) is 5.56 Å². The van der Waals surface area contributed by atoms with Crippen LogP contribution in [0.5, 0.6) is 0 Å². The number of H-pyrrole nitrogens is 1. The zero-order valence-electron chi connectivity index (χ0n) is 19.0. The highest BCUT2D eigenvalue weighted by Gasteiger charge is 2.22. The number of hydrogen-bond donors (Lipinski definition) is 1. The molecule has 33 heavy (non-hydrogen) atoms. The van der Waals surface area contributed by atoms with E-state index < -0.39 is 0 Å². The third-order valence-corrected chi connectivity index (χ3v) is 6.55. The number of anilines is 2. The molecule has 0 aliphatic carbocycles. The summed E-state index contributed by atoms with van der Waals surface area (Å²) in [7, 11) is 0. The molecule has 172 valence electrons. The molecule has 2 saturated heterocycles. The van der Waals surface area contributed by atoms with E-state index in [0.29, 0.717) is 36.7 Å². The first-order valence-corrected chi connectivity index (χ1v) is 11.7. The number of morpholine rings is 1. The largest absolute Gasteiger partial charge is 0.378 e. The standard InChI is InChI=1S/C25H30N6O2/c1-18-21(17-26-24(27-18)31-11-13-33-14-12-31)22-16-23(32)29-25(28-22)30-9-7-20(8-10-30)15-19-5-3-2-4-6-19/h2-6,16-17,20H,7-15H2,1H3,(H,28,29,32). The molecule has 0 bridgehead atoms. The molecule has 0 atom stereocenters. The number of nitrogens with zero attached hydrogens (tertiary/aromatic N) is 5. The minimum absolute atomic E-state index is 0.155. The van der Waals surface area contributed by atoms with E-state index in [1.165, 1.54) is 11.6 Å². The van der Waals surface area contributed by atoms with Crippen LogP contribution < -0.4 is 15.4 Å². The van der Waals surface area contributed by atoms with Gasteiger partial charge >= 0.3 is 0 Å². The van der Waals surface area contributed by atoms with Crippen LogP contribution in [0.1, 0.15) is 24.1 Å². The highest BCUT2D eigenvalue weighted by atomic mass is 16.5. The molecular weight excluding hydrogens is 416 g/mol. The monoisotopic (exact) mass is 446 g/mol. The predicted molar refractivity (Wildman–Crippen MR) is 129 cm³/mol. The highest BCUT2D eigenvalue weighted by molar-refractivity contribution is 5.62. The molecule has 3 aromatic rings. The van der Waals surface area contributed by atoms with Crippen molar-refractivity contribution in [2.45, 2.75) is 26.2 Å². The van der Waals surface area contributed by atoms with Gasteiger partial charge in [-0.15, -0.1) is 0 Å². The lowest BCUT2D eigenvalue weighted by atomic mass is 9.90. The molecule has 2 aliphatic heterocycles. The van der Waals surface area contributed by atoms with E-state index in [0.717, 1.165) is 56.7 Å².